The molecule has 1 aliphatic heterocycles. The molecule has 0 spiro atoms. The number of nitrogens with zero attached hydrogens (tertiary/aromatic N) is 1. The van der Waals surface area contributed by atoms with Gasteiger partial charge in [-0.15, -0.1) is 0 Å². The Bertz CT molecular complexity index is 775. The first-order valence-corrected chi connectivity index (χ1v) is 7.28. The Morgan fingerprint density at radius 1 is 1.43 bits per heavy atom. The lowest BCUT2D eigenvalue weighted by atomic mass is 10.1. The van der Waals surface area contributed by atoms with Gasteiger partial charge in [0.25, 0.3) is 5.91 Å². The fourth-order valence-corrected chi connectivity index (χ4v) is 2.60. The number of ether oxygens (including phenoxy) is 2. The summed E-state index contributed by atoms with van der Waals surface area (Å²) in [6.07, 6.45) is 1.29. The van der Waals surface area contributed by atoms with E-state index in [0.29, 0.717) is 30.0 Å². The lowest BCUT2D eigenvalue weighted by Gasteiger charge is -2.14. The molecule has 0 saturated carbocycles. The standard InChI is InChI=1S/C16H17N3O4/c1-22-13-7-10-11(19-15(13)16(17)21)3-2-4-12(10)23-8-9-5-6-14(20)18-9/h2-4,7,9H,5-6,8H2,1H3,(H2,17,21)(H,18,20). The van der Waals surface area contributed by atoms with Crippen LogP contribution in [0.3, 0.4) is 0 Å². The third-order valence-electron chi connectivity index (χ3n) is 3.76. The van der Waals surface area contributed by atoms with Gasteiger partial charge in [0.2, 0.25) is 5.91 Å². The van der Waals surface area contributed by atoms with E-state index < -0.39 is 5.91 Å². The molecule has 0 bridgehead atoms. The second-order valence-electron chi connectivity index (χ2n) is 5.34. The van der Waals surface area contributed by atoms with Gasteiger partial charge in [0.15, 0.2) is 11.4 Å². The van der Waals surface area contributed by atoms with Gasteiger partial charge in [0.1, 0.15) is 12.4 Å². The molecule has 0 radical (unpaired) electrons. The molecule has 2 heterocycles. The van der Waals surface area contributed by atoms with Crippen LogP contribution >= 0.6 is 0 Å². The predicted molar refractivity (Wildman–Crippen MR) is 83.5 cm³/mol. The molecule has 2 aromatic rings. The van der Waals surface area contributed by atoms with Crippen LogP contribution in [0.2, 0.25) is 0 Å². The molecule has 3 rings (SSSR count). The van der Waals surface area contributed by atoms with E-state index in [2.05, 4.69) is 10.3 Å². The van der Waals surface area contributed by atoms with Crippen LogP contribution < -0.4 is 20.5 Å². The summed E-state index contributed by atoms with van der Waals surface area (Å²) < 4.78 is 11.0. The van der Waals surface area contributed by atoms with Gasteiger partial charge in [0, 0.05) is 11.8 Å². The number of nitrogens with two attached hydrogens (primary N) is 1. The number of nitrogens with one attached hydrogen (secondary N) is 1. The minimum Gasteiger partial charge on any atom is -0.494 e. The number of pyridine rings is 1. The molecule has 1 aromatic carbocycles. The summed E-state index contributed by atoms with van der Waals surface area (Å²) in [7, 11) is 1.45. The van der Waals surface area contributed by atoms with E-state index in [0.717, 1.165) is 11.8 Å². The number of aromatic nitrogens is 1. The van der Waals surface area contributed by atoms with Gasteiger partial charge in [0.05, 0.1) is 18.7 Å². The molecule has 0 aliphatic carbocycles. The Morgan fingerprint density at radius 3 is 2.91 bits per heavy atom. The van der Waals surface area contributed by atoms with Crippen molar-refractivity contribution >= 4 is 22.7 Å². The third-order valence-corrected chi connectivity index (χ3v) is 3.76. The number of hydrogen-bond donors (Lipinski definition) is 2. The van der Waals surface area contributed by atoms with Gasteiger partial charge in [-0.05, 0) is 24.6 Å². The van der Waals surface area contributed by atoms with Crippen LogP contribution in [0.15, 0.2) is 24.3 Å². The number of carbonyl (C=O) groups is 2. The van der Waals surface area contributed by atoms with E-state index in [4.69, 9.17) is 15.2 Å². The first-order chi connectivity index (χ1) is 11.1. The van der Waals surface area contributed by atoms with Crippen LogP contribution in [0.1, 0.15) is 23.3 Å². The number of benzene rings is 1. The summed E-state index contributed by atoms with van der Waals surface area (Å²) in [6.45, 7) is 0.380. The van der Waals surface area contributed by atoms with Gasteiger partial charge in [-0.2, -0.15) is 0 Å². The van der Waals surface area contributed by atoms with Crippen molar-refractivity contribution < 1.29 is 19.1 Å². The number of carbonyl (C=O) groups excluding carboxylic acids is 2. The number of primary amides is 1. The topological polar surface area (TPSA) is 104 Å². The van der Waals surface area contributed by atoms with Crippen LogP contribution in [0.25, 0.3) is 10.9 Å². The smallest absolute Gasteiger partial charge is 0.271 e. The number of rotatable bonds is 5. The van der Waals surface area contributed by atoms with E-state index in [9.17, 15) is 9.59 Å². The quantitative estimate of drug-likeness (QED) is 0.856. The highest BCUT2D eigenvalue weighted by Gasteiger charge is 2.21. The van der Waals surface area contributed by atoms with Crippen molar-refractivity contribution in [2.24, 2.45) is 5.73 Å². The number of amides is 2. The third kappa shape index (κ3) is 3.03. The van der Waals surface area contributed by atoms with Crippen LogP contribution in [0.4, 0.5) is 0 Å². The second-order valence-corrected chi connectivity index (χ2v) is 5.34. The van der Waals surface area contributed by atoms with Crippen LogP contribution in [0.5, 0.6) is 11.5 Å². The minimum absolute atomic E-state index is 0.0116. The van der Waals surface area contributed by atoms with Crippen molar-refractivity contribution in [2.75, 3.05) is 13.7 Å². The number of fused-ring (bicyclic) bond motifs is 1. The lowest BCUT2D eigenvalue weighted by Crippen LogP contribution is -2.30. The molecule has 120 valence electrons. The summed E-state index contributed by atoms with van der Waals surface area (Å²) in [5, 5.41) is 3.57. The molecule has 1 unspecified atom stereocenters. The molecule has 1 aliphatic rings. The normalized spacial score (nSPS) is 17.1. The van der Waals surface area contributed by atoms with Crippen LogP contribution in [-0.2, 0) is 4.79 Å². The van der Waals surface area contributed by atoms with Gasteiger partial charge in [-0.1, -0.05) is 6.07 Å². The number of methoxy groups -OCH3 is 1. The van der Waals surface area contributed by atoms with E-state index in [-0.39, 0.29) is 17.6 Å². The SMILES string of the molecule is COc1cc2c(OCC3CCC(=O)N3)cccc2nc1C(N)=O. The average molecular weight is 315 g/mol. The molecule has 7 heteroatoms. The van der Waals surface area contributed by atoms with E-state index in [1.165, 1.54) is 7.11 Å². The Hall–Kier alpha value is -2.83. The molecule has 7 nitrogen and oxygen atoms in total. The van der Waals surface area contributed by atoms with Crippen LogP contribution in [-0.4, -0.2) is 36.6 Å². The number of hydrogen-bond acceptors (Lipinski definition) is 5. The van der Waals surface area contributed by atoms with Crippen molar-refractivity contribution in [3.63, 3.8) is 0 Å². The zero-order valence-corrected chi connectivity index (χ0v) is 12.7. The molecular formula is C16H17N3O4. The fraction of sp³-hybridized carbons (Fsp3) is 0.312. The highest BCUT2D eigenvalue weighted by atomic mass is 16.5. The van der Waals surface area contributed by atoms with E-state index >= 15 is 0 Å². The first kappa shape index (κ1) is 15.1. The molecule has 1 saturated heterocycles. The maximum atomic E-state index is 11.4. The fourth-order valence-electron chi connectivity index (χ4n) is 2.60. The van der Waals surface area contributed by atoms with E-state index in [1.807, 2.05) is 6.07 Å². The second kappa shape index (κ2) is 6.12. The Morgan fingerprint density at radius 2 is 2.26 bits per heavy atom. The van der Waals surface area contributed by atoms with Gasteiger partial charge in [-0.25, -0.2) is 4.98 Å². The summed E-state index contributed by atoms with van der Waals surface area (Å²) in [6, 6.07) is 7.06. The predicted octanol–water partition coefficient (Wildman–Crippen LogP) is 1.000. The molecule has 1 atom stereocenters. The molecule has 23 heavy (non-hydrogen) atoms. The Balaban J connectivity index is 1.91. The zero-order valence-electron chi connectivity index (χ0n) is 12.7. The maximum Gasteiger partial charge on any atom is 0.271 e. The maximum absolute atomic E-state index is 11.4. The summed E-state index contributed by atoms with van der Waals surface area (Å²) in [4.78, 5) is 26.9. The molecular weight excluding hydrogens is 298 g/mol. The minimum atomic E-state index is -0.649. The molecule has 3 N–H and O–H groups in total. The largest absolute Gasteiger partial charge is 0.494 e. The summed E-state index contributed by atoms with van der Waals surface area (Å²) in [5.74, 6) is 0.315. The monoisotopic (exact) mass is 315 g/mol. The average Bonchev–Trinajstić information content (AvgIpc) is 2.96. The van der Waals surface area contributed by atoms with Crippen molar-refractivity contribution in [1.82, 2.24) is 10.3 Å². The Kier molecular flexibility index (Phi) is 4.01. The van der Waals surface area contributed by atoms with Gasteiger partial charge < -0.3 is 20.5 Å². The van der Waals surface area contributed by atoms with Gasteiger partial charge in [-0.3, -0.25) is 9.59 Å². The zero-order chi connectivity index (χ0) is 16.4. The first-order valence-electron chi connectivity index (χ1n) is 7.28. The highest BCUT2D eigenvalue weighted by molar-refractivity contribution is 5.98. The van der Waals surface area contributed by atoms with Crippen molar-refractivity contribution in [3.05, 3.63) is 30.0 Å². The molecule has 1 fully saturated rings. The van der Waals surface area contributed by atoms with Crippen molar-refractivity contribution in [3.8, 4) is 11.5 Å². The Labute approximate surface area is 132 Å². The molecule has 2 amide bonds. The van der Waals surface area contributed by atoms with Crippen LogP contribution in [0, 0.1) is 0 Å². The van der Waals surface area contributed by atoms with E-state index in [1.54, 1.807) is 18.2 Å². The summed E-state index contributed by atoms with van der Waals surface area (Å²) in [5.41, 5.74) is 5.99. The lowest BCUT2D eigenvalue weighted by molar-refractivity contribution is -0.119. The van der Waals surface area contributed by atoms with Crippen molar-refractivity contribution in [1.29, 1.82) is 0 Å². The molecule has 1 aromatic heterocycles. The highest BCUT2D eigenvalue weighted by Crippen LogP contribution is 2.30. The summed E-state index contributed by atoms with van der Waals surface area (Å²) >= 11 is 0. The van der Waals surface area contributed by atoms with Gasteiger partial charge >= 0.3 is 0 Å². The van der Waals surface area contributed by atoms with Crippen molar-refractivity contribution in [2.45, 2.75) is 18.9 Å².